The number of benzene rings is 1. The molecule has 1 aromatic rings. The van der Waals surface area contributed by atoms with E-state index < -0.39 is 10.0 Å². The van der Waals surface area contributed by atoms with Gasteiger partial charge in [-0.2, -0.15) is 4.31 Å². The standard InChI is InChI=1S/C13H20N2O3S/c1-3-12-9-18-5-4-15(12)19(16,17)13-7-10(2)6-11(14)8-13/h6-8,12H,3-5,9,14H2,1-2H3. The van der Waals surface area contributed by atoms with E-state index in [0.717, 1.165) is 12.0 Å². The Bertz CT molecular complexity index is 537. The van der Waals surface area contributed by atoms with Gasteiger partial charge in [-0.25, -0.2) is 8.42 Å². The maximum atomic E-state index is 12.7. The van der Waals surface area contributed by atoms with Gasteiger partial charge in [-0.3, -0.25) is 0 Å². The molecule has 2 rings (SSSR count). The molecule has 2 N–H and O–H groups in total. The normalized spacial score (nSPS) is 21.5. The fraction of sp³-hybridized carbons (Fsp3) is 0.538. The van der Waals surface area contributed by atoms with Crippen LogP contribution in [0.5, 0.6) is 0 Å². The number of morpholine rings is 1. The maximum Gasteiger partial charge on any atom is 0.243 e. The zero-order chi connectivity index (χ0) is 14.0. The van der Waals surface area contributed by atoms with E-state index in [9.17, 15) is 8.42 Å². The Balaban J connectivity index is 2.40. The second-order valence-corrected chi connectivity index (χ2v) is 6.72. The molecular formula is C13H20N2O3S. The summed E-state index contributed by atoms with van der Waals surface area (Å²) in [5.41, 5.74) is 7.06. The van der Waals surface area contributed by atoms with Crippen LogP contribution in [0.2, 0.25) is 0 Å². The highest BCUT2D eigenvalue weighted by atomic mass is 32.2. The first-order chi connectivity index (χ1) is 8.95. The van der Waals surface area contributed by atoms with Crippen LogP contribution in [-0.4, -0.2) is 38.5 Å². The van der Waals surface area contributed by atoms with Crippen molar-refractivity contribution in [2.75, 3.05) is 25.5 Å². The van der Waals surface area contributed by atoms with Crippen molar-refractivity contribution in [2.24, 2.45) is 0 Å². The van der Waals surface area contributed by atoms with Crippen molar-refractivity contribution in [3.63, 3.8) is 0 Å². The molecule has 5 nitrogen and oxygen atoms in total. The fourth-order valence-electron chi connectivity index (χ4n) is 2.34. The van der Waals surface area contributed by atoms with E-state index in [1.165, 1.54) is 10.4 Å². The summed E-state index contributed by atoms with van der Waals surface area (Å²) in [5, 5.41) is 0. The summed E-state index contributed by atoms with van der Waals surface area (Å²) in [6.45, 7) is 5.10. The monoisotopic (exact) mass is 284 g/mol. The molecule has 0 amide bonds. The van der Waals surface area contributed by atoms with Crippen molar-refractivity contribution in [1.29, 1.82) is 0 Å². The van der Waals surface area contributed by atoms with Gasteiger partial charge in [-0.15, -0.1) is 0 Å². The molecule has 1 aliphatic heterocycles. The highest BCUT2D eigenvalue weighted by Gasteiger charge is 2.33. The lowest BCUT2D eigenvalue weighted by atomic mass is 10.2. The molecule has 0 saturated carbocycles. The number of hydrogen-bond donors (Lipinski definition) is 1. The molecule has 1 unspecified atom stereocenters. The Morgan fingerprint density at radius 3 is 2.79 bits per heavy atom. The van der Waals surface area contributed by atoms with E-state index in [0.29, 0.717) is 25.4 Å². The highest BCUT2D eigenvalue weighted by molar-refractivity contribution is 7.89. The van der Waals surface area contributed by atoms with Gasteiger partial charge < -0.3 is 10.5 Å². The van der Waals surface area contributed by atoms with Crippen LogP contribution in [0.1, 0.15) is 18.9 Å². The predicted octanol–water partition coefficient (Wildman–Crippen LogP) is 1.38. The first-order valence-corrected chi connectivity index (χ1v) is 7.86. The molecule has 1 aromatic carbocycles. The van der Waals surface area contributed by atoms with Crippen LogP contribution < -0.4 is 5.73 Å². The number of sulfonamides is 1. The maximum absolute atomic E-state index is 12.7. The Kier molecular flexibility index (Phi) is 4.13. The second-order valence-electron chi connectivity index (χ2n) is 4.83. The SMILES string of the molecule is CCC1COCCN1S(=O)(=O)c1cc(C)cc(N)c1. The summed E-state index contributed by atoms with van der Waals surface area (Å²) < 4.78 is 32.2. The fourth-order valence-corrected chi connectivity index (χ4v) is 4.15. The van der Waals surface area contributed by atoms with Crippen molar-refractivity contribution in [1.82, 2.24) is 4.31 Å². The third-order valence-corrected chi connectivity index (χ3v) is 5.25. The van der Waals surface area contributed by atoms with Gasteiger partial charge in [0, 0.05) is 18.3 Å². The van der Waals surface area contributed by atoms with E-state index in [4.69, 9.17) is 10.5 Å². The molecule has 6 heteroatoms. The molecule has 19 heavy (non-hydrogen) atoms. The third kappa shape index (κ3) is 2.91. The quantitative estimate of drug-likeness (QED) is 0.851. The van der Waals surface area contributed by atoms with Crippen molar-refractivity contribution in [2.45, 2.75) is 31.2 Å². The van der Waals surface area contributed by atoms with Crippen molar-refractivity contribution < 1.29 is 13.2 Å². The third-order valence-electron chi connectivity index (χ3n) is 3.32. The van der Waals surface area contributed by atoms with Gasteiger partial charge >= 0.3 is 0 Å². The van der Waals surface area contributed by atoms with E-state index in [1.807, 2.05) is 13.8 Å². The molecule has 0 spiro atoms. The highest BCUT2D eigenvalue weighted by Crippen LogP contribution is 2.24. The lowest BCUT2D eigenvalue weighted by Crippen LogP contribution is -2.48. The van der Waals surface area contributed by atoms with Crippen molar-refractivity contribution in [3.8, 4) is 0 Å². The molecular weight excluding hydrogens is 264 g/mol. The number of nitrogen functional groups attached to an aromatic ring is 1. The average Bonchev–Trinajstić information content (AvgIpc) is 2.37. The van der Waals surface area contributed by atoms with Gasteiger partial charge in [0.1, 0.15) is 0 Å². The molecule has 1 saturated heterocycles. The average molecular weight is 284 g/mol. The number of aryl methyl sites for hydroxylation is 1. The topological polar surface area (TPSA) is 72.6 Å². The zero-order valence-electron chi connectivity index (χ0n) is 11.3. The molecule has 0 aliphatic carbocycles. The van der Waals surface area contributed by atoms with Gasteiger partial charge in [0.25, 0.3) is 0 Å². The minimum absolute atomic E-state index is 0.0968. The van der Waals surface area contributed by atoms with Gasteiger partial charge in [0.15, 0.2) is 0 Å². The van der Waals surface area contributed by atoms with Crippen molar-refractivity contribution in [3.05, 3.63) is 23.8 Å². The number of rotatable bonds is 3. The Morgan fingerprint density at radius 1 is 1.42 bits per heavy atom. The van der Waals surface area contributed by atoms with Crippen LogP contribution in [0.25, 0.3) is 0 Å². The number of hydrogen-bond acceptors (Lipinski definition) is 4. The van der Waals surface area contributed by atoms with Gasteiger partial charge in [-0.1, -0.05) is 6.92 Å². The van der Waals surface area contributed by atoms with Crippen LogP contribution in [0, 0.1) is 6.92 Å². The van der Waals surface area contributed by atoms with Crippen LogP contribution in [-0.2, 0) is 14.8 Å². The summed E-state index contributed by atoms with van der Waals surface area (Å²) in [6.07, 6.45) is 0.737. The van der Waals surface area contributed by atoms with Crippen LogP contribution in [0.4, 0.5) is 5.69 Å². The van der Waals surface area contributed by atoms with E-state index >= 15 is 0 Å². The smallest absolute Gasteiger partial charge is 0.243 e. The van der Waals surface area contributed by atoms with Gasteiger partial charge in [0.2, 0.25) is 10.0 Å². The Labute approximate surface area is 114 Å². The molecule has 0 bridgehead atoms. The lowest BCUT2D eigenvalue weighted by Gasteiger charge is -2.34. The first-order valence-electron chi connectivity index (χ1n) is 6.42. The number of anilines is 1. The summed E-state index contributed by atoms with van der Waals surface area (Å²) >= 11 is 0. The first kappa shape index (κ1) is 14.3. The second kappa shape index (κ2) is 5.48. The Hall–Kier alpha value is -1.11. The molecule has 106 valence electrons. The largest absolute Gasteiger partial charge is 0.399 e. The molecule has 0 radical (unpaired) electrons. The summed E-state index contributed by atoms with van der Waals surface area (Å²) in [5.74, 6) is 0. The molecule has 1 aliphatic rings. The molecule has 1 fully saturated rings. The van der Waals surface area contributed by atoms with E-state index in [1.54, 1.807) is 12.1 Å². The Morgan fingerprint density at radius 2 is 2.16 bits per heavy atom. The minimum Gasteiger partial charge on any atom is -0.399 e. The molecule has 1 heterocycles. The van der Waals surface area contributed by atoms with Crippen LogP contribution in [0.3, 0.4) is 0 Å². The predicted molar refractivity (Wildman–Crippen MR) is 74.4 cm³/mol. The van der Waals surface area contributed by atoms with E-state index in [2.05, 4.69) is 0 Å². The summed E-state index contributed by atoms with van der Waals surface area (Å²) in [7, 11) is -3.49. The van der Waals surface area contributed by atoms with Gasteiger partial charge in [0.05, 0.1) is 18.1 Å². The summed E-state index contributed by atoms with van der Waals surface area (Å²) in [4.78, 5) is 0.269. The lowest BCUT2D eigenvalue weighted by molar-refractivity contribution is 0.0314. The van der Waals surface area contributed by atoms with Crippen LogP contribution >= 0.6 is 0 Å². The number of nitrogens with two attached hydrogens (primary N) is 1. The number of nitrogens with zero attached hydrogens (tertiary/aromatic N) is 1. The van der Waals surface area contributed by atoms with Gasteiger partial charge in [-0.05, 0) is 37.1 Å². The van der Waals surface area contributed by atoms with Crippen LogP contribution in [0.15, 0.2) is 23.1 Å². The molecule has 1 atom stereocenters. The summed E-state index contributed by atoms with van der Waals surface area (Å²) in [6, 6.07) is 4.84. The van der Waals surface area contributed by atoms with Crippen molar-refractivity contribution >= 4 is 15.7 Å². The minimum atomic E-state index is -3.49. The van der Waals surface area contributed by atoms with E-state index in [-0.39, 0.29) is 10.9 Å². The number of ether oxygens (including phenoxy) is 1. The molecule has 0 aromatic heterocycles. The zero-order valence-corrected chi connectivity index (χ0v) is 12.1.